The van der Waals surface area contributed by atoms with E-state index in [0.717, 1.165) is 22.3 Å². The van der Waals surface area contributed by atoms with Crippen LogP contribution in [0, 0.1) is 0 Å². The Morgan fingerprint density at radius 1 is 0.737 bits per heavy atom. The van der Waals surface area contributed by atoms with Gasteiger partial charge in [0.25, 0.3) is 5.91 Å². The minimum atomic E-state index is -2.36. The van der Waals surface area contributed by atoms with Crippen molar-refractivity contribution >= 4 is 43.8 Å². The molecular weight excluding hydrogens is 737 g/mol. The molecule has 1 heterocycles. The Kier molecular flexibility index (Phi) is 13.7. The second-order valence-electron chi connectivity index (χ2n) is 16.4. The topological polar surface area (TPSA) is 134 Å². The summed E-state index contributed by atoms with van der Waals surface area (Å²) in [6, 6.07) is 31.1. The highest BCUT2D eigenvalue weighted by atomic mass is 28.4. The number of nitrogens with zero attached hydrogens (tertiary/aromatic N) is 2. The minimum absolute atomic E-state index is 0.120. The van der Waals surface area contributed by atoms with Gasteiger partial charge in [-0.05, 0) is 68.7 Å². The van der Waals surface area contributed by atoms with Gasteiger partial charge < -0.3 is 24.7 Å². The van der Waals surface area contributed by atoms with Gasteiger partial charge in [0.15, 0.2) is 0 Å². The molecule has 2 N–H and O–H groups in total. The van der Waals surface area contributed by atoms with Crippen molar-refractivity contribution in [3.63, 3.8) is 0 Å². The molecule has 0 bridgehead atoms. The first-order valence-corrected chi connectivity index (χ1v) is 22.7. The zero-order valence-corrected chi connectivity index (χ0v) is 34.9. The van der Waals surface area contributed by atoms with Gasteiger partial charge in [-0.1, -0.05) is 109 Å². The molecule has 0 spiro atoms. The Balaban J connectivity index is 1.51. The molecule has 11 nitrogen and oxygen atoms in total. The van der Waals surface area contributed by atoms with Crippen LogP contribution in [0.15, 0.2) is 115 Å². The summed E-state index contributed by atoms with van der Waals surface area (Å²) in [4.78, 5) is 73.9. The Bertz CT molecular complexity index is 2020. The molecule has 4 atom stereocenters. The fraction of sp³-hybridized carbons (Fsp3) is 0.356. The van der Waals surface area contributed by atoms with Gasteiger partial charge in [-0.15, -0.1) is 0 Å². The largest absolute Gasteiger partial charge is 0.518 e. The fourth-order valence-electron chi connectivity index (χ4n) is 6.84. The summed E-state index contributed by atoms with van der Waals surface area (Å²) in [5.41, 5.74) is 2.92. The van der Waals surface area contributed by atoms with Crippen LogP contribution in [0.4, 0.5) is 10.5 Å². The van der Waals surface area contributed by atoms with Gasteiger partial charge in [0.05, 0.1) is 0 Å². The third-order valence-electron chi connectivity index (χ3n) is 9.45. The van der Waals surface area contributed by atoms with E-state index in [1.54, 1.807) is 40.0 Å². The number of nitrogens with one attached hydrogen (secondary N) is 2. The summed E-state index contributed by atoms with van der Waals surface area (Å²) < 4.78 is 11.4. The van der Waals surface area contributed by atoms with Crippen molar-refractivity contribution in [1.29, 1.82) is 0 Å². The smallest absolute Gasteiger partial charge is 0.408 e. The van der Waals surface area contributed by atoms with Crippen molar-refractivity contribution in [2.45, 2.75) is 95.9 Å². The summed E-state index contributed by atoms with van der Waals surface area (Å²) in [6.07, 6.45) is -0.123. The lowest BCUT2D eigenvalue weighted by atomic mass is 9.92. The first kappa shape index (κ1) is 42.4. The van der Waals surface area contributed by atoms with Gasteiger partial charge in [0.2, 0.25) is 20.1 Å². The number of ether oxygens (including phenoxy) is 1. The molecule has 1 aliphatic rings. The number of alkyl carbamates (subject to hydrolysis) is 1. The van der Waals surface area contributed by atoms with Gasteiger partial charge >= 0.3 is 12.1 Å². The maximum Gasteiger partial charge on any atom is 0.408 e. The van der Waals surface area contributed by atoms with Crippen LogP contribution < -0.4 is 15.5 Å². The van der Waals surface area contributed by atoms with Crippen molar-refractivity contribution in [2.24, 2.45) is 0 Å². The lowest BCUT2D eigenvalue weighted by molar-refractivity contribution is -0.141. The summed E-state index contributed by atoms with van der Waals surface area (Å²) in [5, 5.41) is 5.73. The molecule has 0 unspecified atom stereocenters. The van der Waals surface area contributed by atoms with Crippen LogP contribution in [0.1, 0.15) is 43.0 Å². The minimum Gasteiger partial charge on any atom is -0.518 e. The molecule has 1 aliphatic heterocycles. The standard InChI is InChI=1S/C45H54N4O7Si/c1-45(2,3)55-44(54)47-35(27-31-19-11-8-12-20-31)41(51)48(4)39-30-34-25-17-18-26-37(34)49(42(39)52)38(29-33-23-15-10-16-24-33)40(50)46-36(43(53)56-57(5,6)7)28-32-21-13-9-14-22-32/h8-26,35-36,38-39H,27-30H2,1-7H3,(H,46,50)(H,47,54)/t35-,36-,38-,39-/m0/s1. The Morgan fingerprint density at radius 2 is 1.23 bits per heavy atom. The van der Waals surface area contributed by atoms with Gasteiger partial charge in [0.1, 0.15) is 29.8 Å². The van der Waals surface area contributed by atoms with E-state index in [1.165, 1.54) is 9.80 Å². The highest BCUT2D eigenvalue weighted by molar-refractivity contribution is 6.71. The van der Waals surface area contributed by atoms with E-state index in [1.807, 2.05) is 123 Å². The molecule has 0 saturated heterocycles. The molecule has 4 aromatic carbocycles. The third-order valence-corrected chi connectivity index (χ3v) is 10.3. The molecule has 300 valence electrons. The molecule has 4 aromatic rings. The SMILES string of the molecule is CN(C(=O)[C@H](Cc1ccccc1)NC(=O)OC(C)(C)C)[C@H]1Cc2ccccc2N([C@@H](Cc2ccccc2)C(=O)N[C@@H](Cc2ccccc2)C(=O)O[Si](C)(C)C)C1=O. The van der Waals surface area contributed by atoms with Crippen LogP contribution in [-0.4, -0.2) is 79.8 Å². The summed E-state index contributed by atoms with van der Waals surface area (Å²) >= 11 is 0. The van der Waals surface area contributed by atoms with Gasteiger partial charge in [-0.3, -0.25) is 24.1 Å². The van der Waals surface area contributed by atoms with Crippen LogP contribution in [0.5, 0.6) is 0 Å². The van der Waals surface area contributed by atoms with Crippen LogP contribution in [0.25, 0.3) is 0 Å². The molecule has 0 aromatic heterocycles. The van der Waals surface area contributed by atoms with E-state index in [2.05, 4.69) is 10.6 Å². The summed E-state index contributed by atoms with van der Waals surface area (Å²) in [7, 11) is -0.814. The van der Waals surface area contributed by atoms with Crippen LogP contribution >= 0.6 is 0 Å². The first-order chi connectivity index (χ1) is 27.0. The van der Waals surface area contributed by atoms with E-state index in [9.17, 15) is 19.2 Å². The number of hydrogen-bond donors (Lipinski definition) is 2. The molecule has 4 amide bonds. The molecule has 0 saturated carbocycles. The quantitative estimate of drug-likeness (QED) is 0.144. The van der Waals surface area contributed by atoms with Crippen LogP contribution in [0.2, 0.25) is 19.6 Å². The normalized spacial score (nSPS) is 15.7. The molecule has 12 heteroatoms. The monoisotopic (exact) mass is 790 g/mol. The lowest BCUT2D eigenvalue weighted by Crippen LogP contribution is -2.63. The maximum absolute atomic E-state index is 15.0. The van der Waals surface area contributed by atoms with E-state index in [4.69, 9.17) is 9.16 Å². The number of carbonyl (C=O) groups is 5. The summed E-state index contributed by atoms with van der Waals surface area (Å²) in [5.74, 6) is -2.05. The second kappa shape index (κ2) is 18.5. The maximum atomic E-state index is 15.0. The average Bonchev–Trinajstić information content (AvgIpc) is 3.15. The van der Waals surface area contributed by atoms with E-state index in [0.29, 0.717) is 5.69 Å². The number of carbonyl (C=O) groups excluding carboxylic acids is 5. The number of likely N-dealkylation sites (N-methyl/N-ethyl adjacent to an activating group) is 1. The molecular formula is C45H54N4O7Si. The van der Waals surface area contributed by atoms with Crippen molar-refractivity contribution in [1.82, 2.24) is 15.5 Å². The van der Waals surface area contributed by atoms with Crippen LogP contribution in [0.3, 0.4) is 0 Å². The number of benzene rings is 4. The third kappa shape index (κ3) is 11.9. The molecule has 0 aliphatic carbocycles. The Hall–Kier alpha value is -5.75. The fourth-order valence-corrected chi connectivity index (χ4v) is 7.58. The van der Waals surface area contributed by atoms with Crippen LogP contribution in [-0.2, 0) is 54.0 Å². The van der Waals surface area contributed by atoms with E-state index >= 15 is 4.79 Å². The number of rotatable bonds is 14. The van der Waals surface area contributed by atoms with E-state index < -0.39 is 67.9 Å². The highest BCUT2D eigenvalue weighted by Gasteiger charge is 2.44. The van der Waals surface area contributed by atoms with E-state index in [-0.39, 0.29) is 25.7 Å². The number of amides is 4. The predicted octanol–water partition coefficient (Wildman–Crippen LogP) is 6.26. The van der Waals surface area contributed by atoms with Gasteiger partial charge in [0, 0.05) is 38.4 Å². The zero-order valence-electron chi connectivity index (χ0n) is 33.9. The van der Waals surface area contributed by atoms with Crippen molar-refractivity contribution in [3.8, 4) is 0 Å². The van der Waals surface area contributed by atoms with Crippen molar-refractivity contribution in [3.05, 3.63) is 138 Å². The predicted molar refractivity (Wildman–Crippen MR) is 223 cm³/mol. The van der Waals surface area contributed by atoms with Gasteiger partial charge in [-0.25, -0.2) is 4.79 Å². The molecule has 5 rings (SSSR count). The Morgan fingerprint density at radius 3 is 1.75 bits per heavy atom. The van der Waals surface area contributed by atoms with Crippen molar-refractivity contribution < 1.29 is 33.1 Å². The number of anilines is 1. The van der Waals surface area contributed by atoms with Crippen molar-refractivity contribution in [2.75, 3.05) is 11.9 Å². The van der Waals surface area contributed by atoms with Gasteiger partial charge in [-0.2, -0.15) is 0 Å². The highest BCUT2D eigenvalue weighted by Crippen LogP contribution is 2.33. The number of hydrogen-bond acceptors (Lipinski definition) is 7. The average molecular weight is 791 g/mol. The first-order valence-electron chi connectivity index (χ1n) is 19.3. The number of fused-ring (bicyclic) bond motifs is 1. The second-order valence-corrected chi connectivity index (χ2v) is 20.8. The Labute approximate surface area is 336 Å². The molecule has 0 fully saturated rings. The number of para-hydroxylation sites is 1. The lowest BCUT2D eigenvalue weighted by Gasteiger charge is -2.42. The zero-order chi connectivity index (χ0) is 41.3. The molecule has 0 radical (unpaired) electrons. The molecule has 57 heavy (non-hydrogen) atoms. The summed E-state index contributed by atoms with van der Waals surface area (Å²) in [6.45, 7) is 10.9.